The second-order valence-electron chi connectivity index (χ2n) is 5.68. The van der Waals surface area contributed by atoms with Gasteiger partial charge in [-0.15, -0.1) is 0 Å². The molecule has 2 atom stereocenters. The standard InChI is InChI=1S/C14H17N3O2S2/c1-8(2)13-16-14(20-17-13)11-7-10(11)9-5-3-4-6-12(9)21(15,18)19/h3-6,8,10-11H,7H2,1-2H3,(H2,15,18,19). The maximum absolute atomic E-state index is 11.7. The Kier molecular flexibility index (Phi) is 3.59. The highest BCUT2D eigenvalue weighted by Gasteiger charge is 2.44. The molecule has 2 aromatic rings. The molecule has 0 spiro atoms. The summed E-state index contributed by atoms with van der Waals surface area (Å²) in [6.07, 6.45) is 0.902. The zero-order valence-corrected chi connectivity index (χ0v) is 13.5. The number of rotatable bonds is 4. The number of aromatic nitrogens is 2. The van der Waals surface area contributed by atoms with Crippen LogP contribution in [0.15, 0.2) is 29.2 Å². The highest BCUT2D eigenvalue weighted by molar-refractivity contribution is 7.89. The van der Waals surface area contributed by atoms with Gasteiger partial charge in [-0.3, -0.25) is 0 Å². The number of nitrogens with two attached hydrogens (primary N) is 1. The van der Waals surface area contributed by atoms with Gasteiger partial charge in [-0.2, -0.15) is 4.37 Å². The first kappa shape index (κ1) is 14.6. The van der Waals surface area contributed by atoms with Gasteiger partial charge in [0.2, 0.25) is 10.0 Å². The molecule has 1 aliphatic rings. The van der Waals surface area contributed by atoms with Gasteiger partial charge in [0, 0.05) is 11.8 Å². The summed E-state index contributed by atoms with van der Waals surface area (Å²) in [6, 6.07) is 6.95. The molecule has 1 fully saturated rings. The van der Waals surface area contributed by atoms with E-state index in [0.29, 0.717) is 5.92 Å². The van der Waals surface area contributed by atoms with E-state index >= 15 is 0 Å². The van der Waals surface area contributed by atoms with E-state index in [1.165, 1.54) is 11.5 Å². The van der Waals surface area contributed by atoms with E-state index in [0.717, 1.165) is 22.8 Å². The van der Waals surface area contributed by atoms with Crippen LogP contribution in [-0.4, -0.2) is 17.8 Å². The summed E-state index contributed by atoms with van der Waals surface area (Å²) in [5.74, 6) is 1.61. The molecule has 0 saturated heterocycles. The lowest BCUT2D eigenvalue weighted by molar-refractivity contribution is 0.596. The molecule has 0 bridgehead atoms. The SMILES string of the molecule is CC(C)c1nsc(C2CC2c2ccccc2S(N)(=O)=O)n1. The van der Waals surface area contributed by atoms with Crippen LogP contribution in [0.3, 0.4) is 0 Å². The van der Waals surface area contributed by atoms with Crippen LogP contribution in [0.2, 0.25) is 0 Å². The van der Waals surface area contributed by atoms with Crippen molar-refractivity contribution < 1.29 is 8.42 Å². The van der Waals surface area contributed by atoms with Crippen molar-refractivity contribution in [2.45, 2.75) is 42.9 Å². The Morgan fingerprint density at radius 2 is 2.00 bits per heavy atom. The maximum Gasteiger partial charge on any atom is 0.238 e. The molecule has 112 valence electrons. The van der Waals surface area contributed by atoms with Gasteiger partial charge in [-0.25, -0.2) is 18.5 Å². The number of nitrogens with zero attached hydrogens (tertiary/aromatic N) is 2. The third-order valence-electron chi connectivity index (χ3n) is 3.71. The molecule has 2 unspecified atom stereocenters. The highest BCUT2D eigenvalue weighted by atomic mass is 32.2. The molecule has 1 aromatic heterocycles. The molecule has 21 heavy (non-hydrogen) atoms. The van der Waals surface area contributed by atoms with Crippen molar-refractivity contribution in [1.29, 1.82) is 0 Å². The van der Waals surface area contributed by atoms with E-state index in [1.807, 2.05) is 12.1 Å². The van der Waals surface area contributed by atoms with E-state index in [2.05, 4.69) is 23.2 Å². The number of hydrogen-bond donors (Lipinski definition) is 1. The molecule has 0 amide bonds. The Balaban J connectivity index is 1.88. The van der Waals surface area contributed by atoms with E-state index < -0.39 is 10.0 Å². The molecule has 1 saturated carbocycles. The summed E-state index contributed by atoms with van der Waals surface area (Å²) in [6.45, 7) is 4.12. The van der Waals surface area contributed by atoms with Crippen molar-refractivity contribution >= 4 is 21.6 Å². The van der Waals surface area contributed by atoms with Crippen molar-refractivity contribution in [2.24, 2.45) is 5.14 Å². The molecule has 0 aliphatic heterocycles. The zero-order chi connectivity index (χ0) is 15.2. The topological polar surface area (TPSA) is 85.9 Å². The van der Waals surface area contributed by atoms with Crippen LogP contribution in [-0.2, 0) is 10.0 Å². The first-order valence-corrected chi connectivity index (χ1v) is 9.15. The van der Waals surface area contributed by atoms with Crippen LogP contribution in [0.1, 0.15) is 54.4 Å². The van der Waals surface area contributed by atoms with Crippen LogP contribution < -0.4 is 5.14 Å². The van der Waals surface area contributed by atoms with Crippen molar-refractivity contribution in [3.63, 3.8) is 0 Å². The Labute approximate surface area is 128 Å². The van der Waals surface area contributed by atoms with Crippen LogP contribution in [0, 0.1) is 0 Å². The minimum atomic E-state index is -3.68. The van der Waals surface area contributed by atoms with E-state index in [9.17, 15) is 8.42 Å². The molecule has 0 radical (unpaired) electrons. The minimum Gasteiger partial charge on any atom is -0.225 e. The first-order chi connectivity index (χ1) is 9.88. The largest absolute Gasteiger partial charge is 0.238 e. The molecule has 1 aromatic carbocycles. The number of hydrogen-bond acceptors (Lipinski definition) is 5. The van der Waals surface area contributed by atoms with Crippen molar-refractivity contribution in [2.75, 3.05) is 0 Å². The molecule has 1 heterocycles. The summed E-state index contributed by atoms with van der Waals surface area (Å²) in [5, 5.41) is 6.29. The van der Waals surface area contributed by atoms with Crippen LogP contribution in [0.25, 0.3) is 0 Å². The lowest BCUT2D eigenvalue weighted by atomic mass is 10.1. The van der Waals surface area contributed by atoms with Crippen LogP contribution in [0.4, 0.5) is 0 Å². The monoisotopic (exact) mass is 323 g/mol. The summed E-state index contributed by atoms with van der Waals surface area (Å²) in [7, 11) is -3.68. The minimum absolute atomic E-state index is 0.174. The Morgan fingerprint density at radius 3 is 2.62 bits per heavy atom. The Hall–Kier alpha value is -1.31. The average Bonchev–Trinajstić information content (AvgIpc) is 3.06. The number of benzene rings is 1. The normalized spacial score (nSPS) is 21.7. The predicted octanol–water partition coefficient (Wildman–Crippen LogP) is 2.58. The fraction of sp³-hybridized carbons (Fsp3) is 0.429. The van der Waals surface area contributed by atoms with Gasteiger partial charge in [0.05, 0.1) is 4.90 Å². The van der Waals surface area contributed by atoms with Crippen LogP contribution >= 0.6 is 11.5 Å². The van der Waals surface area contributed by atoms with Crippen LogP contribution in [0.5, 0.6) is 0 Å². The van der Waals surface area contributed by atoms with Gasteiger partial charge in [0.15, 0.2) is 0 Å². The summed E-state index contributed by atoms with van der Waals surface area (Å²) in [5.41, 5.74) is 0.797. The number of primary sulfonamides is 1. The molecule has 1 aliphatic carbocycles. The number of sulfonamides is 1. The van der Waals surface area contributed by atoms with Crippen molar-refractivity contribution in [1.82, 2.24) is 9.36 Å². The lowest BCUT2D eigenvalue weighted by Crippen LogP contribution is -2.14. The molecule has 5 nitrogen and oxygen atoms in total. The van der Waals surface area contributed by atoms with Gasteiger partial charge in [-0.1, -0.05) is 32.0 Å². The zero-order valence-electron chi connectivity index (χ0n) is 11.9. The van der Waals surface area contributed by atoms with E-state index in [-0.39, 0.29) is 16.7 Å². The Bertz CT molecular complexity index is 768. The predicted molar refractivity (Wildman–Crippen MR) is 81.9 cm³/mol. The summed E-state index contributed by atoms with van der Waals surface area (Å²) in [4.78, 5) is 4.79. The molecular formula is C14H17N3O2S2. The average molecular weight is 323 g/mol. The van der Waals surface area contributed by atoms with E-state index in [4.69, 9.17) is 5.14 Å². The van der Waals surface area contributed by atoms with Gasteiger partial charge in [0.25, 0.3) is 0 Å². The third kappa shape index (κ3) is 2.86. The fourth-order valence-electron chi connectivity index (χ4n) is 2.49. The lowest BCUT2D eigenvalue weighted by Gasteiger charge is -2.06. The van der Waals surface area contributed by atoms with Gasteiger partial charge in [0.1, 0.15) is 10.8 Å². The molecule has 2 N–H and O–H groups in total. The van der Waals surface area contributed by atoms with Gasteiger partial charge < -0.3 is 0 Å². The van der Waals surface area contributed by atoms with Crippen molar-refractivity contribution in [3.8, 4) is 0 Å². The maximum atomic E-state index is 11.7. The van der Waals surface area contributed by atoms with Gasteiger partial charge in [-0.05, 0) is 35.5 Å². The second kappa shape index (κ2) is 5.15. The molecule has 7 heteroatoms. The van der Waals surface area contributed by atoms with E-state index in [1.54, 1.807) is 12.1 Å². The summed E-state index contributed by atoms with van der Waals surface area (Å²) >= 11 is 1.42. The quantitative estimate of drug-likeness (QED) is 0.937. The van der Waals surface area contributed by atoms with Crippen molar-refractivity contribution in [3.05, 3.63) is 40.7 Å². The smallest absolute Gasteiger partial charge is 0.225 e. The second-order valence-corrected chi connectivity index (χ2v) is 7.99. The molecule has 3 rings (SSSR count). The summed E-state index contributed by atoms with van der Waals surface area (Å²) < 4.78 is 27.7. The third-order valence-corrected chi connectivity index (χ3v) is 5.55. The Morgan fingerprint density at radius 1 is 1.29 bits per heavy atom. The van der Waals surface area contributed by atoms with Gasteiger partial charge >= 0.3 is 0 Å². The fourth-order valence-corrected chi connectivity index (χ4v) is 4.28. The highest BCUT2D eigenvalue weighted by Crippen LogP contribution is 2.56. The molecular weight excluding hydrogens is 306 g/mol. The first-order valence-electron chi connectivity index (χ1n) is 6.83.